The minimum atomic E-state index is -1.04. The van der Waals surface area contributed by atoms with E-state index in [1.807, 2.05) is 6.07 Å². The first-order valence-corrected chi connectivity index (χ1v) is 7.89. The molecule has 0 bridgehead atoms. The molecule has 0 radical (unpaired) electrons. The van der Waals surface area contributed by atoms with Gasteiger partial charge in [0.1, 0.15) is 5.56 Å². The Hall–Kier alpha value is -2.89. The highest BCUT2D eigenvalue weighted by molar-refractivity contribution is 5.92. The number of aromatic amines is 1. The van der Waals surface area contributed by atoms with Gasteiger partial charge in [0.2, 0.25) is 6.10 Å². The number of benzene rings is 1. The Bertz CT molecular complexity index is 779. The van der Waals surface area contributed by atoms with Crippen molar-refractivity contribution in [1.82, 2.24) is 9.88 Å². The molecule has 0 unspecified atom stereocenters. The number of aromatic nitrogens is 1. The van der Waals surface area contributed by atoms with E-state index in [-0.39, 0.29) is 11.5 Å². The van der Waals surface area contributed by atoms with Gasteiger partial charge in [0, 0.05) is 24.8 Å². The number of rotatable bonds is 4. The smallest absolute Gasteiger partial charge is 0.344 e. The van der Waals surface area contributed by atoms with Crippen molar-refractivity contribution in [3.63, 3.8) is 0 Å². The number of esters is 1. The van der Waals surface area contributed by atoms with E-state index in [9.17, 15) is 14.4 Å². The van der Waals surface area contributed by atoms with E-state index in [0.29, 0.717) is 18.7 Å². The van der Waals surface area contributed by atoms with Crippen LogP contribution in [-0.2, 0) is 9.53 Å². The summed E-state index contributed by atoms with van der Waals surface area (Å²) in [4.78, 5) is 41.0. The van der Waals surface area contributed by atoms with Crippen molar-refractivity contribution in [1.29, 1.82) is 0 Å². The van der Waals surface area contributed by atoms with Gasteiger partial charge in [-0.3, -0.25) is 9.59 Å². The van der Waals surface area contributed by atoms with Crippen LogP contribution in [0.25, 0.3) is 0 Å². The normalized spacial score (nSPS) is 15.1. The molecule has 2 aromatic rings. The zero-order chi connectivity index (χ0) is 16.9. The van der Waals surface area contributed by atoms with Crippen LogP contribution in [0.3, 0.4) is 0 Å². The molecule has 1 fully saturated rings. The molecule has 24 heavy (non-hydrogen) atoms. The minimum absolute atomic E-state index is 0.118. The average molecular weight is 326 g/mol. The monoisotopic (exact) mass is 326 g/mol. The van der Waals surface area contributed by atoms with Crippen LogP contribution in [0, 0.1) is 0 Å². The van der Waals surface area contributed by atoms with E-state index in [1.54, 1.807) is 29.2 Å². The number of hydrogen-bond donors (Lipinski definition) is 1. The van der Waals surface area contributed by atoms with Crippen molar-refractivity contribution >= 4 is 11.9 Å². The molecule has 1 aromatic heterocycles. The molecule has 1 N–H and O–H groups in total. The summed E-state index contributed by atoms with van der Waals surface area (Å²) in [5.41, 5.74) is -0.0642. The number of carbonyl (C=O) groups excluding carboxylic acids is 2. The molecule has 6 heteroatoms. The van der Waals surface area contributed by atoms with Crippen LogP contribution in [0.15, 0.2) is 53.5 Å². The van der Waals surface area contributed by atoms with Gasteiger partial charge in [-0.25, -0.2) is 4.79 Å². The predicted molar refractivity (Wildman–Crippen MR) is 87.5 cm³/mol. The maximum absolute atomic E-state index is 12.8. The first kappa shape index (κ1) is 16.0. The summed E-state index contributed by atoms with van der Waals surface area (Å²) < 4.78 is 5.43. The van der Waals surface area contributed by atoms with Crippen LogP contribution in [0.1, 0.15) is 34.9 Å². The van der Waals surface area contributed by atoms with Crippen LogP contribution >= 0.6 is 0 Å². The van der Waals surface area contributed by atoms with E-state index in [2.05, 4.69) is 4.98 Å². The number of amides is 1. The van der Waals surface area contributed by atoms with Crippen molar-refractivity contribution in [3.8, 4) is 0 Å². The van der Waals surface area contributed by atoms with Crippen LogP contribution in [0.4, 0.5) is 0 Å². The Morgan fingerprint density at radius 2 is 1.75 bits per heavy atom. The fraction of sp³-hybridized carbons (Fsp3) is 0.278. The van der Waals surface area contributed by atoms with Crippen LogP contribution < -0.4 is 5.56 Å². The number of nitrogens with one attached hydrogen (secondary N) is 1. The standard InChI is InChI=1S/C18H18N2O4/c21-16-14(9-6-10-19-16)18(23)24-15(13-7-2-1-3-8-13)17(22)20-11-4-5-12-20/h1-3,6-10,15H,4-5,11-12H2,(H,19,21)/t15-/m0/s1. The first-order chi connectivity index (χ1) is 11.7. The molecular weight excluding hydrogens is 308 g/mol. The Kier molecular flexibility index (Phi) is 4.74. The lowest BCUT2D eigenvalue weighted by Crippen LogP contribution is -2.35. The molecule has 1 amide bonds. The quantitative estimate of drug-likeness (QED) is 0.870. The fourth-order valence-corrected chi connectivity index (χ4v) is 2.75. The first-order valence-electron chi connectivity index (χ1n) is 7.89. The third-order valence-electron chi connectivity index (χ3n) is 4.01. The van der Waals surface area contributed by atoms with Crippen molar-refractivity contribution in [2.45, 2.75) is 18.9 Å². The highest BCUT2D eigenvalue weighted by Crippen LogP contribution is 2.23. The predicted octanol–water partition coefficient (Wildman–Crippen LogP) is 1.90. The van der Waals surface area contributed by atoms with E-state index in [4.69, 9.17) is 4.74 Å². The summed E-state index contributed by atoms with van der Waals surface area (Å²) in [6, 6.07) is 11.8. The fourth-order valence-electron chi connectivity index (χ4n) is 2.75. The molecule has 0 saturated carbocycles. The zero-order valence-corrected chi connectivity index (χ0v) is 13.1. The molecule has 1 atom stereocenters. The minimum Gasteiger partial charge on any atom is -0.444 e. The number of ether oxygens (including phenoxy) is 1. The highest BCUT2D eigenvalue weighted by atomic mass is 16.5. The molecule has 3 rings (SSSR count). The number of nitrogens with zero attached hydrogens (tertiary/aromatic N) is 1. The Labute approximate surface area is 139 Å². The van der Waals surface area contributed by atoms with Gasteiger partial charge in [0.05, 0.1) is 0 Å². The highest BCUT2D eigenvalue weighted by Gasteiger charge is 2.31. The second kappa shape index (κ2) is 7.12. The van der Waals surface area contributed by atoms with Gasteiger partial charge in [-0.2, -0.15) is 0 Å². The lowest BCUT2D eigenvalue weighted by Gasteiger charge is -2.23. The molecule has 6 nitrogen and oxygen atoms in total. The van der Waals surface area contributed by atoms with Gasteiger partial charge >= 0.3 is 5.97 Å². The van der Waals surface area contributed by atoms with Crippen molar-refractivity contribution < 1.29 is 14.3 Å². The average Bonchev–Trinajstić information content (AvgIpc) is 3.15. The van der Waals surface area contributed by atoms with Crippen LogP contribution in [0.5, 0.6) is 0 Å². The second-order valence-electron chi connectivity index (χ2n) is 5.64. The summed E-state index contributed by atoms with van der Waals surface area (Å²) in [5, 5.41) is 0. The topological polar surface area (TPSA) is 79.5 Å². The van der Waals surface area contributed by atoms with Crippen LogP contribution in [-0.4, -0.2) is 34.8 Å². The molecule has 1 saturated heterocycles. The Balaban J connectivity index is 1.87. The lowest BCUT2D eigenvalue weighted by molar-refractivity contribution is -0.140. The van der Waals surface area contributed by atoms with E-state index in [1.165, 1.54) is 18.3 Å². The van der Waals surface area contributed by atoms with Crippen molar-refractivity contribution in [2.24, 2.45) is 0 Å². The maximum atomic E-state index is 12.8. The Morgan fingerprint density at radius 1 is 1.04 bits per heavy atom. The van der Waals surface area contributed by atoms with Gasteiger partial charge in [-0.05, 0) is 25.0 Å². The zero-order valence-electron chi connectivity index (χ0n) is 13.1. The Morgan fingerprint density at radius 3 is 2.42 bits per heavy atom. The SMILES string of the molecule is O=C(O[C@H](C(=O)N1CCCC1)c1ccccc1)c1ccc[nH]c1=O. The third-order valence-corrected chi connectivity index (χ3v) is 4.01. The number of carbonyl (C=O) groups is 2. The lowest BCUT2D eigenvalue weighted by atomic mass is 10.1. The van der Waals surface area contributed by atoms with Gasteiger partial charge in [-0.15, -0.1) is 0 Å². The summed E-state index contributed by atoms with van der Waals surface area (Å²) in [5.74, 6) is -1.06. The summed E-state index contributed by atoms with van der Waals surface area (Å²) in [7, 11) is 0. The molecule has 0 aliphatic carbocycles. The van der Waals surface area contributed by atoms with Gasteiger partial charge in [-0.1, -0.05) is 30.3 Å². The van der Waals surface area contributed by atoms with E-state index < -0.39 is 17.6 Å². The third kappa shape index (κ3) is 3.37. The molecule has 2 heterocycles. The van der Waals surface area contributed by atoms with Crippen molar-refractivity contribution in [2.75, 3.05) is 13.1 Å². The van der Waals surface area contributed by atoms with Gasteiger partial charge < -0.3 is 14.6 Å². The molecule has 124 valence electrons. The van der Waals surface area contributed by atoms with Crippen molar-refractivity contribution in [3.05, 3.63) is 70.1 Å². The van der Waals surface area contributed by atoms with Gasteiger partial charge in [0.15, 0.2) is 0 Å². The number of pyridine rings is 1. The van der Waals surface area contributed by atoms with Crippen LogP contribution in [0.2, 0.25) is 0 Å². The molecule has 0 spiro atoms. The second-order valence-corrected chi connectivity index (χ2v) is 5.64. The largest absolute Gasteiger partial charge is 0.444 e. The number of likely N-dealkylation sites (tertiary alicyclic amines) is 1. The number of H-pyrrole nitrogens is 1. The summed E-state index contributed by atoms with van der Waals surface area (Å²) >= 11 is 0. The van der Waals surface area contributed by atoms with E-state index >= 15 is 0 Å². The summed E-state index contributed by atoms with van der Waals surface area (Å²) in [6.45, 7) is 1.32. The molecule has 1 aliphatic heterocycles. The molecular formula is C18H18N2O4. The van der Waals surface area contributed by atoms with E-state index in [0.717, 1.165) is 12.8 Å². The number of hydrogen-bond acceptors (Lipinski definition) is 4. The molecule has 1 aliphatic rings. The maximum Gasteiger partial charge on any atom is 0.344 e. The summed E-state index contributed by atoms with van der Waals surface area (Å²) in [6.07, 6.45) is 2.28. The molecule has 1 aromatic carbocycles. The van der Waals surface area contributed by atoms with Gasteiger partial charge in [0.25, 0.3) is 11.5 Å².